The van der Waals surface area contributed by atoms with Gasteiger partial charge in [0.15, 0.2) is 0 Å². The zero-order chi connectivity index (χ0) is 9.52. The van der Waals surface area contributed by atoms with Gasteiger partial charge in [-0.25, -0.2) is 4.98 Å². The normalized spacial score (nSPS) is 11.2. The lowest BCUT2D eigenvalue weighted by molar-refractivity contribution is 0.730. The molecule has 0 aliphatic rings. The third kappa shape index (κ3) is 4.20. The highest BCUT2D eigenvalue weighted by Gasteiger charge is 1.91. The molecule has 1 N–H and O–H groups in total. The molecule has 0 saturated carbocycles. The minimum atomic E-state index is 0.949. The van der Waals surface area contributed by atoms with E-state index >= 15 is 0 Å². The predicted molar refractivity (Wildman–Crippen MR) is 59.0 cm³/mol. The zero-order valence-corrected chi connectivity index (χ0v) is 9.03. The molecule has 0 atom stereocenters. The van der Waals surface area contributed by atoms with Crippen LogP contribution in [0.5, 0.6) is 0 Å². The quantitative estimate of drug-likeness (QED) is 0.732. The molecule has 0 saturated heterocycles. The highest BCUT2D eigenvalue weighted by atomic mass is 32.1. The Hall–Kier alpha value is -0.670. The van der Waals surface area contributed by atoms with Gasteiger partial charge in [0.05, 0.1) is 5.01 Å². The number of hydrogen-bond donors (Lipinski definition) is 1. The standard InChI is InChI=1S/C10H16N2S/c1-3-6-11-7-4-5-10-8-12-9(2)13-10/h4-5,8,11H,3,6-7H2,1-2H3. The van der Waals surface area contributed by atoms with Crippen molar-refractivity contribution < 1.29 is 0 Å². The van der Waals surface area contributed by atoms with Crippen LogP contribution in [0, 0.1) is 6.92 Å². The molecule has 0 amide bonds. The topological polar surface area (TPSA) is 24.9 Å². The molecule has 0 radical (unpaired) electrons. The first-order chi connectivity index (χ1) is 6.33. The fourth-order valence-corrected chi connectivity index (χ4v) is 1.71. The summed E-state index contributed by atoms with van der Waals surface area (Å²) in [5, 5.41) is 4.44. The fraction of sp³-hybridized carbons (Fsp3) is 0.500. The maximum Gasteiger partial charge on any atom is 0.0900 e. The van der Waals surface area contributed by atoms with Crippen molar-refractivity contribution in [2.45, 2.75) is 20.3 Å². The summed E-state index contributed by atoms with van der Waals surface area (Å²) in [5.74, 6) is 0. The van der Waals surface area contributed by atoms with Crippen LogP contribution in [0.15, 0.2) is 12.3 Å². The minimum absolute atomic E-state index is 0.949. The van der Waals surface area contributed by atoms with Gasteiger partial charge < -0.3 is 5.32 Å². The average molecular weight is 196 g/mol. The Balaban J connectivity index is 2.24. The number of aryl methyl sites for hydroxylation is 1. The molecule has 13 heavy (non-hydrogen) atoms. The van der Waals surface area contributed by atoms with Crippen LogP contribution in [0.3, 0.4) is 0 Å². The third-order valence-electron chi connectivity index (χ3n) is 1.61. The van der Waals surface area contributed by atoms with Crippen LogP contribution in [0.1, 0.15) is 23.2 Å². The Labute approximate surface area is 83.7 Å². The summed E-state index contributed by atoms with van der Waals surface area (Å²) >= 11 is 1.73. The number of aromatic nitrogens is 1. The van der Waals surface area contributed by atoms with E-state index in [0.717, 1.165) is 18.1 Å². The van der Waals surface area contributed by atoms with E-state index in [9.17, 15) is 0 Å². The van der Waals surface area contributed by atoms with Crippen molar-refractivity contribution >= 4 is 17.4 Å². The summed E-state index contributed by atoms with van der Waals surface area (Å²) in [5.41, 5.74) is 0. The molecule has 0 spiro atoms. The summed E-state index contributed by atoms with van der Waals surface area (Å²) in [6, 6.07) is 0. The smallest absolute Gasteiger partial charge is 0.0900 e. The van der Waals surface area contributed by atoms with Gasteiger partial charge in [-0.05, 0) is 26.0 Å². The summed E-state index contributed by atoms with van der Waals surface area (Å²) in [7, 11) is 0. The van der Waals surface area contributed by atoms with Crippen LogP contribution < -0.4 is 5.32 Å². The van der Waals surface area contributed by atoms with Gasteiger partial charge in [-0.1, -0.05) is 13.0 Å². The molecule has 1 rings (SSSR count). The van der Waals surface area contributed by atoms with Crippen molar-refractivity contribution in [3.05, 3.63) is 22.2 Å². The molecule has 0 aliphatic heterocycles. The van der Waals surface area contributed by atoms with Gasteiger partial charge >= 0.3 is 0 Å². The zero-order valence-electron chi connectivity index (χ0n) is 8.21. The van der Waals surface area contributed by atoms with E-state index in [0.29, 0.717) is 0 Å². The first kappa shape index (κ1) is 10.4. The molecule has 1 aromatic heterocycles. The fourth-order valence-electron chi connectivity index (χ4n) is 0.992. The second-order valence-electron chi connectivity index (χ2n) is 2.89. The minimum Gasteiger partial charge on any atom is -0.313 e. The van der Waals surface area contributed by atoms with E-state index in [4.69, 9.17) is 0 Å². The molecule has 0 fully saturated rings. The number of thiazole rings is 1. The van der Waals surface area contributed by atoms with Gasteiger partial charge in [-0.15, -0.1) is 11.3 Å². The van der Waals surface area contributed by atoms with Crippen LogP contribution in [0.2, 0.25) is 0 Å². The highest BCUT2D eigenvalue weighted by molar-refractivity contribution is 7.12. The lowest BCUT2D eigenvalue weighted by Crippen LogP contribution is -2.13. The summed E-state index contributed by atoms with van der Waals surface area (Å²) in [4.78, 5) is 5.41. The Morgan fingerprint density at radius 2 is 2.46 bits per heavy atom. The van der Waals surface area contributed by atoms with Gasteiger partial charge in [-0.3, -0.25) is 0 Å². The van der Waals surface area contributed by atoms with Crippen LogP contribution in [-0.2, 0) is 0 Å². The number of hydrogen-bond acceptors (Lipinski definition) is 3. The maximum atomic E-state index is 4.18. The van der Waals surface area contributed by atoms with E-state index in [1.54, 1.807) is 11.3 Å². The molecule has 0 aliphatic carbocycles. The summed E-state index contributed by atoms with van der Waals surface area (Å²) in [6.45, 7) is 6.23. The predicted octanol–water partition coefficient (Wildman–Crippen LogP) is 2.46. The molecular formula is C10H16N2S. The molecule has 1 heterocycles. The first-order valence-corrected chi connectivity index (χ1v) is 5.44. The average Bonchev–Trinajstić information content (AvgIpc) is 2.51. The lowest BCUT2D eigenvalue weighted by atomic mass is 10.4. The summed E-state index contributed by atoms with van der Waals surface area (Å²) < 4.78 is 0. The largest absolute Gasteiger partial charge is 0.313 e. The maximum absolute atomic E-state index is 4.18. The Kier molecular flexibility index (Phi) is 4.72. The van der Waals surface area contributed by atoms with Crippen LogP contribution >= 0.6 is 11.3 Å². The van der Waals surface area contributed by atoms with Crippen LogP contribution in [0.25, 0.3) is 6.08 Å². The third-order valence-corrected chi connectivity index (χ3v) is 2.49. The molecule has 3 heteroatoms. The Bertz CT molecular complexity index is 266. The summed E-state index contributed by atoms with van der Waals surface area (Å²) in [6.07, 6.45) is 7.36. The van der Waals surface area contributed by atoms with Crippen molar-refractivity contribution in [1.29, 1.82) is 0 Å². The van der Waals surface area contributed by atoms with Crippen molar-refractivity contribution in [3.8, 4) is 0 Å². The second-order valence-corrected chi connectivity index (χ2v) is 4.15. The van der Waals surface area contributed by atoms with Crippen LogP contribution in [-0.4, -0.2) is 18.1 Å². The van der Waals surface area contributed by atoms with E-state index in [1.165, 1.54) is 11.3 Å². The highest BCUT2D eigenvalue weighted by Crippen LogP contribution is 2.12. The van der Waals surface area contributed by atoms with Gasteiger partial charge in [0.2, 0.25) is 0 Å². The molecule has 0 aromatic carbocycles. The molecule has 1 aromatic rings. The number of nitrogens with zero attached hydrogens (tertiary/aromatic N) is 1. The molecule has 72 valence electrons. The van der Waals surface area contributed by atoms with Gasteiger partial charge in [0.25, 0.3) is 0 Å². The molecule has 0 bridgehead atoms. The first-order valence-electron chi connectivity index (χ1n) is 4.62. The van der Waals surface area contributed by atoms with Gasteiger partial charge in [-0.2, -0.15) is 0 Å². The van der Waals surface area contributed by atoms with E-state index < -0.39 is 0 Å². The molecule has 2 nitrogen and oxygen atoms in total. The van der Waals surface area contributed by atoms with E-state index in [2.05, 4.69) is 29.4 Å². The van der Waals surface area contributed by atoms with Crippen molar-refractivity contribution in [2.75, 3.05) is 13.1 Å². The Morgan fingerprint density at radius 3 is 3.08 bits per heavy atom. The number of rotatable bonds is 5. The van der Waals surface area contributed by atoms with E-state index in [-0.39, 0.29) is 0 Å². The van der Waals surface area contributed by atoms with Crippen molar-refractivity contribution in [1.82, 2.24) is 10.3 Å². The Morgan fingerprint density at radius 1 is 1.62 bits per heavy atom. The van der Waals surface area contributed by atoms with Crippen molar-refractivity contribution in [3.63, 3.8) is 0 Å². The monoisotopic (exact) mass is 196 g/mol. The van der Waals surface area contributed by atoms with Gasteiger partial charge in [0, 0.05) is 17.6 Å². The second kappa shape index (κ2) is 5.89. The van der Waals surface area contributed by atoms with E-state index in [1.807, 2.05) is 13.1 Å². The molecule has 0 unspecified atom stereocenters. The number of nitrogens with one attached hydrogen (secondary N) is 1. The molecular weight excluding hydrogens is 180 g/mol. The van der Waals surface area contributed by atoms with Crippen LogP contribution in [0.4, 0.5) is 0 Å². The SMILES string of the molecule is CCCNCC=Cc1cnc(C)s1. The van der Waals surface area contributed by atoms with Crippen molar-refractivity contribution in [2.24, 2.45) is 0 Å². The lowest BCUT2D eigenvalue weighted by Gasteiger charge is -1.94. The van der Waals surface area contributed by atoms with Gasteiger partial charge in [0.1, 0.15) is 0 Å².